The molecule has 0 bridgehead atoms. The van der Waals surface area contributed by atoms with Crippen molar-refractivity contribution in [2.75, 3.05) is 31.1 Å². The normalized spacial score (nSPS) is 15.2. The van der Waals surface area contributed by atoms with Crippen molar-refractivity contribution in [1.82, 2.24) is 19.0 Å². The molecule has 10 heteroatoms. The maximum atomic E-state index is 12.8. The summed E-state index contributed by atoms with van der Waals surface area (Å²) >= 11 is 0. The molecule has 1 aliphatic rings. The van der Waals surface area contributed by atoms with E-state index in [4.69, 9.17) is 0 Å². The summed E-state index contributed by atoms with van der Waals surface area (Å²) in [5, 5.41) is 0. The van der Waals surface area contributed by atoms with Crippen LogP contribution in [0.15, 0.2) is 47.4 Å². The lowest BCUT2D eigenvalue weighted by atomic mass is 10.2. The number of halogens is 3. The molecule has 2 aromatic heterocycles. The van der Waals surface area contributed by atoms with Gasteiger partial charge in [0.05, 0.1) is 16.6 Å². The van der Waals surface area contributed by atoms with Crippen LogP contribution in [0.2, 0.25) is 0 Å². The number of aromatic nitrogens is 3. The molecule has 1 amide bonds. The zero-order valence-electron chi connectivity index (χ0n) is 17.7. The molecular formula is C22H24F3N5O2. The van der Waals surface area contributed by atoms with Gasteiger partial charge in [-0.25, -0.2) is 9.78 Å². The number of hydrogen-bond donors (Lipinski definition) is 0. The summed E-state index contributed by atoms with van der Waals surface area (Å²) in [4.78, 5) is 33.0. The van der Waals surface area contributed by atoms with Crippen LogP contribution in [0.25, 0.3) is 11.0 Å². The summed E-state index contributed by atoms with van der Waals surface area (Å²) in [7, 11) is 1.71. The molecule has 3 heterocycles. The third-order valence-electron chi connectivity index (χ3n) is 5.85. The van der Waals surface area contributed by atoms with Gasteiger partial charge in [0, 0.05) is 52.4 Å². The van der Waals surface area contributed by atoms with Crippen LogP contribution in [0.4, 0.5) is 19.0 Å². The number of benzene rings is 1. The zero-order chi connectivity index (χ0) is 22.9. The van der Waals surface area contributed by atoms with Gasteiger partial charge < -0.3 is 9.80 Å². The molecule has 0 radical (unpaired) electrons. The molecule has 0 unspecified atom stereocenters. The number of nitrogens with zero attached hydrogens (tertiary/aromatic N) is 5. The SMILES string of the molecule is Cn1c(=O)n(CCC(=O)N2CCCN(c3ccc(C(F)(F)F)cn3)CC2)c2ccccc21. The van der Waals surface area contributed by atoms with Gasteiger partial charge in [0.2, 0.25) is 5.91 Å². The van der Waals surface area contributed by atoms with Gasteiger partial charge in [-0.3, -0.25) is 13.9 Å². The fourth-order valence-electron chi connectivity index (χ4n) is 4.08. The smallest absolute Gasteiger partial charge is 0.355 e. The largest absolute Gasteiger partial charge is 0.417 e. The first-order valence-corrected chi connectivity index (χ1v) is 10.5. The highest BCUT2D eigenvalue weighted by atomic mass is 19.4. The van der Waals surface area contributed by atoms with E-state index in [1.165, 1.54) is 6.07 Å². The Bertz CT molecular complexity index is 1170. The predicted molar refractivity (Wildman–Crippen MR) is 114 cm³/mol. The first-order chi connectivity index (χ1) is 15.3. The van der Waals surface area contributed by atoms with E-state index in [0.29, 0.717) is 45.0 Å². The number of aryl methyl sites for hydroxylation is 2. The maximum absolute atomic E-state index is 12.8. The van der Waals surface area contributed by atoms with Crippen molar-refractivity contribution in [2.45, 2.75) is 25.6 Å². The Morgan fingerprint density at radius 3 is 2.47 bits per heavy atom. The number of carbonyl (C=O) groups is 1. The fraction of sp³-hybridized carbons (Fsp3) is 0.409. The van der Waals surface area contributed by atoms with E-state index in [2.05, 4.69) is 4.98 Å². The van der Waals surface area contributed by atoms with Crippen LogP contribution in [0.5, 0.6) is 0 Å². The average Bonchev–Trinajstić information content (AvgIpc) is 2.94. The number of hydrogen-bond acceptors (Lipinski definition) is 4. The standard InChI is InChI=1S/C22H24F3N5O2/c1-27-17-5-2-3-6-18(17)30(21(27)32)12-9-20(31)29-11-4-10-28(13-14-29)19-8-7-16(15-26-19)22(23,24)25/h2-3,5-8,15H,4,9-14H2,1H3. The monoisotopic (exact) mass is 447 g/mol. The Morgan fingerprint density at radius 1 is 1.03 bits per heavy atom. The number of fused-ring (bicyclic) bond motifs is 1. The third-order valence-corrected chi connectivity index (χ3v) is 5.85. The summed E-state index contributed by atoms with van der Waals surface area (Å²) in [6.45, 7) is 2.38. The molecule has 0 atom stereocenters. The van der Waals surface area contributed by atoms with Crippen LogP contribution in [-0.2, 0) is 24.6 Å². The lowest BCUT2D eigenvalue weighted by Gasteiger charge is -2.23. The molecule has 0 aliphatic carbocycles. The number of carbonyl (C=O) groups excluding carboxylic acids is 1. The molecule has 1 aliphatic heterocycles. The molecule has 1 saturated heterocycles. The summed E-state index contributed by atoms with van der Waals surface area (Å²) in [5.41, 5.74) is 0.675. The highest BCUT2D eigenvalue weighted by molar-refractivity contribution is 5.78. The van der Waals surface area contributed by atoms with E-state index in [1.807, 2.05) is 29.2 Å². The molecule has 1 fully saturated rings. The Hall–Kier alpha value is -3.30. The van der Waals surface area contributed by atoms with Crippen LogP contribution in [-0.4, -0.2) is 51.1 Å². The van der Waals surface area contributed by atoms with Crippen LogP contribution in [0.1, 0.15) is 18.4 Å². The minimum Gasteiger partial charge on any atom is -0.355 e. The van der Waals surface area contributed by atoms with E-state index in [9.17, 15) is 22.8 Å². The Morgan fingerprint density at radius 2 is 1.78 bits per heavy atom. The van der Waals surface area contributed by atoms with Crippen molar-refractivity contribution >= 4 is 22.8 Å². The van der Waals surface area contributed by atoms with Gasteiger partial charge in [-0.2, -0.15) is 13.2 Å². The number of rotatable bonds is 4. The molecule has 0 spiro atoms. The second-order valence-electron chi connectivity index (χ2n) is 7.86. The van der Waals surface area contributed by atoms with Crippen molar-refractivity contribution in [1.29, 1.82) is 0 Å². The van der Waals surface area contributed by atoms with Crippen LogP contribution in [0, 0.1) is 0 Å². The summed E-state index contributed by atoms with van der Waals surface area (Å²) in [5.74, 6) is 0.418. The second-order valence-corrected chi connectivity index (χ2v) is 7.86. The quantitative estimate of drug-likeness (QED) is 0.617. The van der Waals surface area contributed by atoms with Crippen molar-refractivity contribution in [3.05, 3.63) is 58.6 Å². The summed E-state index contributed by atoms with van der Waals surface area (Å²) in [6, 6.07) is 9.85. The van der Waals surface area contributed by atoms with Crippen molar-refractivity contribution in [2.24, 2.45) is 7.05 Å². The molecule has 170 valence electrons. The van der Waals surface area contributed by atoms with Crippen molar-refractivity contribution < 1.29 is 18.0 Å². The van der Waals surface area contributed by atoms with Crippen molar-refractivity contribution in [3.63, 3.8) is 0 Å². The van der Waals surface area contributed by atoms with E-state index in [-0.39, 0.29) is 18.0 Å². The first kappa shape index (κ1) is 21.9. The van der Waals surface area contributed by atoms with Gasteiger partial charge in [-0.1, -0.05) is 12.1 Å². The lowest BCUT2D eigenvalue weighted by Crippen LogP contribution is -2.36. The van der Waals surface area contributed by atoms with Gasteiger partial charge in [-0.05, 0) is 30.7 Å². The zero-order valence-corrected chi connectivity index (χ0v) is 17.7. The number of amides is 1. The van der Waals surface area contributed by atoms with E-state index in [1.54, 1.807) is 21.1 Å². The van der Waals surface area contributed by atoms with E-state index < -0.39 is 11.7 Å². The Kier molecular flexibility index (Phi) is 5.94. The fourth-order valence-corrected chi connectivity index (χ4v) is 4.08. The molecule has 0 N–H and O–H groups in total. The Labute approximate surface area is 182 Å². The highest BCUT2D eigenvalue weighted by Gasteiger charge is 2.31. The molecule has 4 rings (SSSR count). The average molecular weight is 447 g/mol. The minimum absolute atomic E-state index is 0.0490. The van der Waals surface area contributed by atoms with Gasteiger partial charge in [0.15, 0.2) is 0 Å². The topological polar surface area (TPSA) is 63.4 Å². The van der Waals surface area contributed by atoms with E-state index >= 15 is 0 Å². The maximum Gasteiger partial charge on any atom is 0.417 e. The van der Waals surface area contributed by atoms with Gasteiger partial charge >= 0.3 is 11.9 Å². The first-order valence-electron chi connectivity index (χ1n) is 10.5. The highest BCUT2D eigenvalue weighted by Crippen LogP contribution is 2.29. The molecule has 1 aromatic carbocycles. The molecule has 7 nitrogen and oxygen atoms in total. The number of imidazole rings is 1. The van der Waals surface area contributed by atoms with Crippen molar-refractivity contribution in [3.8, 4) is 0 Å². The van der Waals surface area contributed by atoms with Crippen LogP contribution < -0.4 is 10.6 Å². The molecule has 0 saturated carbocycles. The molecule has 32 heavy (non-hydrogen) atoms. The van der Waals surface area contributed by atoms with Gasteiger partial charge in [-0.15, -0.1) is 0 Å². The summed E-state index contributed by atoms with van der Waals surface area (Å²) < 4.78 is 41.4. The third kappa shape index (κ3) is 4.35. The number of alkyl halides is 3. The number of pyridine rings is 1. The van der Waals surface area contributed by atoms with Crippen LogP contribution in [0.3, 0.4) is 0 Å². The van der Waals surface area contributed by atoms with E-state index in [0.717, 1.165) is 23.3 Å². The molecular weight excluding hydrogens is 423 g/mol. The summed E-state index contributed by atoms with van der Waals surface area (Å²) in [6.07, 6.45) is -2.69. The number of para-hydroxylation sites is 2. The lowest BCUT2D eigenvalue weighted by molar-refractivity contribution is -0.137. The molecule has 3 aromatic rings. The number of anilines is 1. The minimum atomic E-state index is -4.42. The second kappa shape index (κ2) is 8.68. The Balaban J connectivity index is 1.38. The predicted octanol–water partition coefficient (Wildman–Crippen LogP) is 2.88. The van der Waals surface area contributed by atoms with Gasteiger partial charge in [0.25, 0.3) is 0 Å². The van der Waals surface area contributed by atoms with Gasteiger partial charge in [0.1, 0.15) is 5.82 Å². The van der Waals surface area contributed by atoms with Crippen LogP contribution >= 0.6 is 0 Å².